The molecule has 0 spiro atoms. The zero-order chi connectivity index (χ0) is 21.7. The third kappa shape index (κ3) is 2.88. The SMILES string of the molecule is O=C(O)c1ccc(N2C(=O)[C@H]3C(C(=O)c4ccc5ccccc5c4)=NO[C@H]3C2=O)cc1. The van der Waals surface area contributed by atoms with Crippen LogP contribution in [0.4, 0.5) is 5.69 Å². The molecule has 8 nitrogen and oxygen atoms in total. The van der Waals surface area contributed by atoms with Gasteiger partial charge in [0.2, 0.25) is 17.8 Å². The quantitative estimate of drug-likeness (QED) is 0.519. The number of carboxylic acids is 1. The molecule has 1 N–H and O–H groups in total. The molecule has 5 rings (SSSR count). The van der Waals surface area contributed by atoms with Gasteiger partial charge in [0.05, 0.1) is 11.3 Å². The van der Waals surface area contributed by atoms with Crippen molar-refractivity contribution in [1.82, 2.24) is 0 Å². The molecule has 152 valence electrons. The van der Waals surface area contributed by atoms with E-state index in [0.29, 0.717) is 5.56 Å². The molecule has 2 heterocycles. The average Bonchev–Trinajstić information content (AvgIpc) is 3.33. The van der Waals surface area contributed by atoms with Crippen molar-refractivity contribution < 1.29 is 29.1 Å². The molecule has 0 aromatic heterocycles. The molecule has 2 aliphatic rings. The highest BCUT2D eigenvalue weighted by atomic mass is 16.7. The van der Waals surface area contributed by atoms with Crippen LogP contribution in [0.25, 0.3) is 10.8 Å². The Labute approximate surface area is 175 Å². The summed E-state index contributed by atoms with van der Waals surface area (Å²) >= 11 is 0. The maximum absolute atomic E-state index is 13.1. The number of hydrogen-bond donors (Lipinski definition) is 1. The molecule has 1 fully saturated rings. The van der Waals surface area contributed by atoms with Crippen molar-refractivity contribution in [3.63, 3.8) is 0 Å². The van der Waals surface area contributed by atoms with Crippen LogP contribution in [-0.2, 0) is 14.4 Å². The van der Waals surface area contributed by atoms with E-state index in [1.165, 1.54) is 24.3 Å². The third-order valence-electron chi connectivity index (χ3n) is 5.43. The van der Waals surface area contributed by atoms with Crippen molar-refractivity contribution in [1.29, 1.82) is 0 Å². The van der Waals surface area contributed by atoms with E-state index in [1.54, 1.807) is 18.2 Å². The number of nitrogens with zero attached hydrogens (tertiary/aromatic N) is 2. The van der Waals surface area contributed by atoms with E-state index in [-0.39, 0.29) is 17.0 Å². The Bertz CT molecular complexity index is 1310. The third-order valence-corrected chi connectivity index (χ3v) is 5.43. The summed E-state index contributed by atoms with van der Waals surface area (Å²) in [5.41, 5.74) is 0.443. The first-order valence-corrected chi connectivity index (χ1v) is 9.44. The van der Waals surface area contributed by atoms with E-state index in [9.17, 15) is 19.2 Å². The van der Waals surface area contributed by atoms with E-state index < -0.39 is 35.6 Å². The fourth-order valence-corrected chi connectivity index (χ4v) is 3.85. The molecule has 3 aromatic rings. The molecule has 0 radical (unpaired) electrons. The van der Waals surface area contributed by atoms with Gasteiger partial charge in [-0.05, 0) is 41.1 Å². The van der Waals surface area contributed by atoms with Crippen LogP contribution < -0.4 is 4.90 Å². The average molecular weight is 414 g/mol. The maximum Gasteiger partial charge on any atom is 0.335 e. The number of carbonyl (C=O) groups excluding carboxylic acids is 3. The Morgan fingerprint density at radius 3 is 2.26 bits per heavy atom. The van der Waals surface area contributed by atoms with Crippen LogP contribution in [0.5, 0.6) is 0 Å². The van der Waals surface area contributed by atoms with E-state index in [4.69, 9.17) is 9.94 Å². The number of fused-ring (bicyclic) bond motifs is 2. The number of carboxylic acid groups (broad SMARTS) is 1. The molecule has 31 heavy (non-hydrogen) atoms. The van der Waals surface area contributed by atoms with Crippen LogP contribution in [0, 0.1) is 5.92 Å². The summed E-state index contributed by atoms with van der Waals surface area (Å²) in [5.74, 6) is -4.04. The summed E-state index contributed by atoms with van der Waals surface area (Å²) in [7, 11) is 0. The normalized spacial score (nSPS) is 19.9. The highest BCUT2D eigenvalue weighted by Gasteiger charge is 2.57. The maximum atomic E-state index is 13.1. The number of carbonyl (C=O) groups is 4. The number of anilines is 1. The molecule has 0 unspecified atom stereocenters. The Morgan fingerprint density at radius 1 is 0.871 bits per heavy atom. The molecule has 8 heteroatoms. The van der Waals surface area contributed by atoms with Crippen molar-refractivity contribution in [2.45, 2.75) is 6.10 Å². The van der Waals surface area contributed by atoms with Crippen LogP contribution in [0.3, 0.4) is 0 Å². The van der Waals surface area contributed by atoms with Gasteiger partial charge in [-0.3, -0.25) is 14.4 Å². The molecule has 2 atom stereocenters. The molecular weight excluding hydrogens is 400 g/mol. The second-order valence-corrected chi connectivity index (χ2v) is 7.24. The zero-order valence-corrected chi connectivity index (χ0v) is 15.9. The number of amides is 2. The molecule has 0 bridgehead atoms. The van der Waals surface area contributed by atoms with Gasteiger partial charge in [-0.15, -0.1) is 0 Å². The summed E-state index contributed by atoms with van der Waals surface area (Å²) in [6.45, 7) is 0. The first-order valence-electron chi connectivity index (χ1n) is 9.44. The van der Waals surface area contributed by atoms with Gasteiger partial charge < -0.3 is 9.94 Å². The number of oxime groups is 1. The number of Topliss-reactive ketones (excluding diaryl/α,β-unsaturated/α-hetero) is 1. The second-order valence-electron chi connectivity index (χ2n) is 7.24. The van der Waals surface area contributed by atoms with Crippen molar-refractivity contribution >= 4 is 45.7 Å². The second kappa shape index (κ2) is 6.88. The fourth-order valence-electron chi connectivity index (χ4n) is 3.85. The molecule has 0 aliphatic carbocycles. The van der Waals surface area contributed by atoms with E-state index in [0.717, 1.165) is 15.7 Å². The summed E-state index contributed by atoms with van der Waals surface area (Å²) in [4.78, 5) is 56.0. The van der Waals surface area contributed by atoms with Crippen molar-refractivity contribution in [3.8, 4) is 0 Å². The van der Waals surface area contributed by atoms with Crippen molar-refractivity contribution in [2.75, 3.05) is 4.90 Å². The van der Waals surface area contributed by atoms with Gasteiger partial charge in [0.25, 0.3) is 5.91 Å². The minimum absolute atomic E-state index is 0.0213. The summed E-state index contributed by atoms with van der Waals surface area (Å²) in [6, 6.07) is 18.0. The predicted molar refractivity (Wildman–Crippen MR) is 110 cm³/mol. The number of ketones is 1. The standard InChI is InChI=1S/C23H14N2O6/c26-19(15-6-5-12-3-1-2-4-14(12)11-15)18-17-20(31-24-18)22(28)25(21(17)27)16-9-7-13(8-10-16)23(29)30/h1-11,17,20H,(H,29,30)/t17-,20+/m0/s1. The topological polar surface area (TPSA) is 113 Å². The van der Waals surface area contributed by atoms with Crippen LogP contribution >= 0.6 is 0 Å². The lowest BCUT2D eigenvalue weighted by Crippen LogP contribution is -2.34. The zero-order valence-electron chi connectivity index (χ0n) is 15.9. The van der Waals surface area contributed by atoms with Crippen LogP contribution in [0.2, 0.25) is 0 Å². The molecule has 2 aliphatic heterocycles. The lowest BCUT2D eigenvalue weighted by molar-refractivity contribution is -0.126. The molecule has 2 amide bonds. The first kappa shape index (κ1) is 18.7. The van der Waals surface area contributed by atoms with Crippen LogP contribution in [-0.4, -0.2) is 40.5 Å². The largest absolute Gasteiger partial charge is 0.478 e. The Balaban J connectivity index is 1.45. The lowest BCUT2D eigenvalue weighted by Gasteiger charge is -2.15. The van der Waals surface area contributed by atoms with Gasteiger partial charge in [0, 0.05) is 5.56 Å². The van der Waals surface area contributed by atoms with E-state index >= 15 is 0 Å². The molecular formula is C23H14N2O6. The van der Waals surface area contributed by atoms with Gasteiger partial charge in [-0.2, -0.15) is 0 Å². The Hall–Kier alpha value is -4.33. The predicted octanol–water partition coefficient (Wildman–Crippen LogP) is 2.67. The smallest absolute Gasteiger partial charge is 0.335 e. The first-order chi connectivity index (χ1) is 15.0. The summed E-state index contributed by atoms with van der Waals surface area (Å²) in [5, 5.41) is 14.6. The van der Waals surface area contributed by atoms with Gasteiger partial charge in [0.1, 0.15) is 11.6 Å². The molecule has 1 saturated heterocycles. The number of imide groups is 1. The number of aromatic carboxylic acids is 1. The van der Waals surface area contributed by atoms with Crippen LogP contribution in [0.1, 0.15) is 20.7 Å². The summed E-state index contributed by atoms with van der Waals surface area (Å²) in [6.07, 6.45) is -1.22. The van der Waals surface area contributed by atoms with Crippen molar-refractivity contribution in [2.24, 2.45) is 11.1 Å². The van der Waals surface area contributed by atoms with Gasteiger partial charge >= 0.3 is 5.97 Å². The Kier molecular flexibility index (Phi) is 4.14. The number of benzene rings is 3. The minimum Gasteiger partial charge on any atom is -0.478 e. The highest BCUT2D eigenvalue weighted by molar-refractivity contribution is 6.52. The molecule has 0 saturated carbocycles. The Morgan fingerprint density at radius 2 is 1.55 bits per heavy atom. The van der Waals surface area contributed by atoms with E-state index in [1.807, 2.05) is 24.3 Å². The van der Waals surface area contributed by atoms with Gasteiger partial charge in [-0.1, -0.05) is 41.6 Å². The number of hydrogen-bond acceptors (Lipinski definition) is 6. The van der Waals surface area contributed by atoms with Gasteiger partial charge in [0.15, 0.2) is 0 Å². The van der Waals surface area contributed by atoms with Gasteiger partial charge in [-0.25, -0.2) is 9.69 Å². The monoisotopic (exact) mass is 414 g/mol. The van der Waals surface area contributed by atoms with E-state index in [2.05, 4.69) is 5.16 Å². The van der Waals surface area contributed by atoms with Crippen LogP contribution in [0.15, 0.2) is 71.9 Å². The fraction of sp³-hybridized carbons (Fsp3) is 0.0870. The van der Waals surface area contributed by atoms with Crippen molar-refractivity contribution in [3.05, 3.63) is 77.9 Å². The highest BCUT2D eigenvalue weighted by Crippen LogP contribution is 2.34. The number of rotatable bonds is 4. The minimum atomic E-state index is -1.22. The summed E-state index contributed by atoms with van der Waals surface area (Å²) < 4.78 is 0. The molecule has 3 aromatic carbocycles. The lowest BCUT2D eigenvalue weighted by atomic mass is 9.92.